The Morgan fingerprint density at radius 1 is 1.00 bits per heavy atom. The number of benzene rings is 2. The van der Waals surface area contributed by atoms with Crippen molar-refractivity contribution >= 4 is 35.2 Å². The molecule has 1 atom stereocenters. The van der Waals surface area contributed by atoms with Crippen LogP contribution in [0.1, 0.15) is 34.3 Å². The Morgan fingerprint density at radius 3 is 2.33 bits per heavy atom. The van der Waals surface area contributed by atoms with Crippen LogP contribution in [-0.2, 0) is 27.5 Å². The van der Waals surface area contributed by atoms with E-state index in [1.54, 1.807) is 11.0 Å². The molecule has 14 heteroatoms. The topological polar surface area (TPSA) is 149 Å². The Morgan fingerprint density at radius 2 is 1.69 bits per heavy atom. The number of nitrogen functional groups attached to an aromatic ring is 1. The smallest absolute Gasteiger partial charge is 0.475 e. The number of piperazine rings is 1. The Bertz CT molecular complexity index is 1610. The first-order valence-corrected chi connectivity index (χ1v) is 14.3. The molecule has 0 radical (unpaired) electrons. The number of carbonyl (C=O) groups is 4. The second-order valence-electron chi connectivity index (χ2n) is 11.0. The number of rotatable bonds is 5. The quantitative estimate of drug-likeness (QED) is 0.364. The van der Waals surface area contributed by atoms with E-state index in [1.807, 2.05) is 24.3 Å². The number of aromatic nitrogens is 1. The van der Waals surface area contributed by atoms with Gasteiger partial charge >= 0.3 is 12.1 Å². The number of nitrogens with zero attached hydrogens (tertiary/aromatic N) is 4. The molecule has 45 heavy (non-hydrogen) atoms. The minimum Gasteiger partial charge on any atom is -0.475 e. The number of hydrogen-bond donors (Lipinski definition) is 3. The van der Waals surface area contributed by atoms with Crippen LogP contribution < -0.4 is 16.0 Å². The first kappa shape index (κ1) is 31.4. The minimum absolute atomic E-state index is 0.185. The molecule has 3 amide bonds. The maximum Gasteiger partial charge on any atom is 0.490 e. The summed E-state index contributed by atoms with van der Waals surface area (Å²) in [6.07, 6.45) is -4.51. The number of anilines is 2. The maximum atomic E-state index is 13.0. The number of pyridine rings is 1. The zero-order valence-corrected chi connectivity index (χ0v) is 24.1. The third-order valence-electron chi connectivity index (χ3n) is 7.88. The molecular weight excluding hydrogens is 593 g/mol. The molecule has 0 spiro atoms. The van der Waals surface area contributed by atoms with Crippen molar-refractivity contribution in [3.63, 3.8) is 0 Å². The molecule has 11 nitrogen and oxygen atoms in total. The highest BCUT2D eigenvalue weighted by Gasteiger charge is 2.39. The predicted molar refractivity (Wildman–Crippen MR) is 158 cm³/mol. The molecule has 1 unspecified atom stereocenters. The summed E-state index contributed by atoms with van der Waals surface area (Å²) >= 11 is 0. The van der Waals surface area contributed by atoms with Gasteiger partial charge in [0.25, 0.3) is 5.91 Å². The monoisotopic (exact) mass is 624 g/mol. The molecule has 0 aliphatic carbocycles. The Kier molecular flexibility index (Phi) is 9.04. The standard InChI is InChI=1S/C29H30N6O3.C2HF3O2/c30-26-16-22(34-12-10-33(11-13-34)17-19-4-2-1-3-5-19)15-24(31-26)20-6-7-23-21(14-20)18-35(29(23)38)25-8-9-27(36)32-28(25)37;3-2(4,5)1(6)7/h1-7,14-16,25H,8-13,17-18H2,(H2,30,31)(H,32,36,37);(H,6,7). The molecule has 3 aromatic rings. The summed E-state index contributed by atoms with van der Waals surface area (Å²) in [5.41, 5.74) is 11.6. The zero-order valence-electron chi connectivity index (χ0n) is 24.1. The van der Waals surface area contributed by atoms with Gasteiger partial charge in [-0.1, -0.05) is 36.4 Å². The highest BCUT2D eigenvalue weighted by Crippen LogP contribution is 2.32. The maximum absolute atomic E-state index is 13.0. The van der Waals surface area contributed by atoms with Crippen LogP contribution in [0.3, 0.4) is 0 Å². The third-order valence-corrected chi connectivity index (χ3v) is 7.88. The summed E-state index contributed by atoms with van der Waals surface area (Å²) in [5, 5.41) is 9.47. The number of hydrogen-bond acceptors (Lipinski definition) is 8. The van der Waals surface area contributed by atoms with Gasteiger partial charge in [-0.2, -0.15) is 13.2 Å². The molecule has 6 rings (SSSR count). The number of halogens is 3. The van der Waals surface area contributed by atoms with Gasteiger partial charge in [-0.05, 0) is 35.7 Å². The molecule has 0 bridgehead atoms. The highest BCUT2D eigenvalue weighted by molar-refractivity contribution is 6.05. The van der Waals surface area contributed by atoms with E-state index in [4.69, 9.17) is 15.6 Å². The SMILES string of the molecule is Nc1cc(N2CCN(Cc3ccccc3)CC2)cc(-c2ccc3c(c2)CN(C2CCC(=O)NC2=O)C3=O)n1.O=C(O)C(F)(F)F. The molecule has 3 aliphatic heterocycles. The predicted octanol–water partition coefficient (Wildman–Crippen LogP) is 3.05. The number of piperidine rings is 1. The molecule has 2 aromatic carbocycles. The summed E-state index contributed by atoms with van der Waals surface area (Å²) in [6.45, 7) is 4.99. The Hall–Kier alpha value is -4.98. The van der Waals surface area contributed by atoms with Gasteiger partial charge in [-0.25, -0.2) is 9.78 Å². The Labute approximate surface area is 256 Å². The summed E-state index contributed by atoms with van der Waals surface area (Å²) in [5.74, 6) is -3.19. The van der Waals surface area contributed by atoms with Gasteiger partial charge in [0.1, 0.15) is 11.9 Å². The average Bonchev–Trinajstić information content (AvgIpc) is 3.32. The molecule has 1 aromatic heterocycles. The zero-order chi connectivity index (χ0) is 32.3. The molecule has 4 heterocycles. The van der Waals surface area contributed by atoms with Crippen molar-refractivity contribution in [2.45, 2.75) is 38.1 Å². The summed E-state index contributed by atoms with van der Waals surface area (Å²) in [7, 11) is 0. The molecule has 2 fully saturated rings. The summed E-state index contributed by atoms with van der Waals surface area (Å²) < 4.78 is 31.7. The summed E-state index contributed by atoms with van der Waals surface area (Å²) in [4.78, 5) is 56.8. The van der Waals surface area contributed by atoms with Crippen molar-refractivity contribution in [2.75, 3.05) is 36.8 Å². The van der Waals surface area contributed by atoms with E-state index in [9.17, 15) is 27.6 Å². The van der Waals surface area contributed by atoms with Gasteiger partial charge in [-0.15, -0.1) is 0 Å². The first-order chi connectivity index (χ1) is 21.4. The number of carbonyl (C=O) groups excluding carboxylic acids is 3. The Balaban J connectivity index is 0.000000515. The second kappa shape index (κ2) is 12.9. The lowest BCUT2D eigenvalue weighted by Crippen LogP contribution is -2.52. The second-order valence-corrected chi connectivity index (χ2v) is 11.0. The van der Waals surface area contributed by atoms with Gasteiger partial charge in [0.2, 0.25) is 11.8 Å². The van der Waals surface area contributed by atoms with Gasteiger partial charge < -0.3 is 20.6 Å². The number of amides is 3. The van der Waals surface area contributed by atoms with Gasteiger partial charge in [-0.3, -0.25) is 24.6 Å². The average molecular weight is 625 g/mol. The van der Waals surface area contributed by atoms with E-state index in [0.717, 1.165) is 55.2 Å². The van der Waals surface area contributed by atoms with E-state index in [0.29, 0.717) is 24.3 Å². The molecule has 4 N–H and O–H groups in total. The van der Waals surface area contributed by atoms with Crippen LogP contribution in [0.5, 0.6) is 0 Å². The van der Waals surface area contributed by atoms with E-state index in [-0.39, 0.29) is 18.2 Å². The number of fused-ring (bicyclic) bond motifs is 1. The fourth-order valence-electron chi connectivity index (χ4n) is 5.61. The van der Waals surface area contributed by atoms with Crippen LogP contribution in [0.4, 0.5) is 24.7 Å². The molecular formula is C31H31F3N6O5. The van der Waals surface area contributed by atoms with Crippen molar-refractivity contribution in [1.29, 1.82) is 0 Å². The number of carboxylic acids is 1. The lowest BCUT2D eigenvalue weighted by molar-refractivity contribution is -0.192. The summed E-state index contributed by atoms with van der Waals surface area (Å²) in [6, 6.07) is 19.5. The molecule has 2 saturated heterocycles. The number of carboxylic acid groups (broad SMARTS) is 1. The number of alkyl halides is 3. The van der Waals surface area contributed by atoms with Crippen LogP contribution >= 0.6 is 0 Å². The number of aliphatic carboxylic acids is 1. The molecule has 236 valence electrons. The van der Waals surface area contributed by atoms with Gasteiger partial charge in [0.05, 0.1) is 5.69 Å². The van der Waals surface area contributed by atoms with E-state index >= 15 is 0 Å². The van der Waals surface area contributed by atoms with Crippen molar-refractivity contribution in [3.05, 3.63) is 77.4 Å². The fraction of sp³-hybridized carbons (Fsp3) is 0.323. The van der Waals surface area contributed by atoms with Gasteiger partial charge in [0.15, 0.2) is 0 Å². The van der Waals surface area contributed by atoms with Crippen molar-refractivity contribution in [2.24, 2.45) is 0 Å². The first-order valence-electron chi connectivity index (χ1n) is 14.3. The molecule has 3 aliphatic rings. The number of imide groups is 1. The lowest BCUT2D eigenvalue weighted by atomic mass is 10.0. The van der Waals surface area contributed by atoms with Crippen molar-refractivity contribution in [1.82, 2.24) is 20.1 Å². The highest BCUT2D eigenvalue weighted by atomic mass is 19.4. The van der Waals surface area contributed by atoms with E-state index in [1.165, 1.54) is 5.56 Å². The number of nitrogens with one attached hydrogen (secondary N) is 1. The van der Waals surface area contributed by atoms with E-state index < -0.39 is 24.1 Å². The van der Waals surface area contributed by atoms with Crippen molar-refractivity contribution < 1.29 is 37.5 Å². The van der Waals surface area contributed by atoms with Crippen LogP contribution in [0.15, 0.2) is 60.7 Å². The van der Waals surface area contributed by atoms with Crippen LogP contribution in [0, 0.1) is 0 Å². The minimum atomic E-state index is -5.08. The van der Waals surface area contributed by atoms with Gasteiger partial charge in [0, 0.05) is 68.6 Å². The van der Waals surface area contributed by atoms with Crippen LogP contribution in [0.25, 0.3) is 11.3 Å². The van der Waals surface area contributed by atoms with Crippen LogP contribution in [0.2, 0.25) is 0 Å². The van der Waals surface area contributed by atoms with Crippen molar-refractivity contribution in [3.8, 4) is 11.3 Å². The van der Waals surface area contributed by atoms with Crippen LogP contribution in [-0.4, -0.2) is 82.0 Å². The largest absolute Gasteiger partial charge is 0.490 e. The molecule has 0 saturated carbocycles. The fourth-order valence-corrected chi connectivity index (χ4v) is 5.61. The van der Waals surface area contributed by atoms with E-state index in [2.05, 4.69) is 50.4 Å². The lowest BCUT2D eigenvalue weighted by Gasteiger charge is -2.36. The normalized spacial score (nSPS) is 18.6. The third kappa shape index (κ3) is 7.40. The number of nitrogens with two attached hydrogens (primary N) is 1.